The van der Waals surface area contributed by atoms with Crippen molar-refractivity contribution in [1.29, 1.82) is 0 Å². The van der Waals surface area contributed by atoms with Crippen LogP contribution in [0.2, 0.25) is 0 Å². The van der Waals surface area contributed by atoms with Crippen molar-refractivity contribution >= 4 is 39.2 Å². The zero-order valence-electron chi connectivity index (χ0n) is 14.7. The molecule has 1 aliphatic rings. The van der Waals surface area contributed by atoms with Gasteiger partial charge in [0.05, 0.1) is 38.2 Å². The number of aliphatic hydroxyl groups excluding tert-OH is 1. The highest BCUT2D eigenvalue weighted by Crippen LogP contribution is 2.35. The first-order valence-corrected chi connectivity index (χ1v) is 9.20. The number of rotatable bonds is 3. The molecule has 0 radical (unpaired) electrons. The molecular formula is C17H21N3O5S. The van der Waals surface area contributed by atoms with Gasteiger partial charge in [-0.25, -0.2) is 14.6 Å². The molecule has 8 nitrogen and oxygen atoms in total. The minimum atomic E-state index is -0.740. The number of aromatic nitrogens is 1. The van der Waals surface area contributed by atoms with E-state index >= 15 is 0 Å². The lowest BCUT2D eigenvalue weighted by atomic mass is 10.2. The molecule has 0 aromatic carbocycles. The number of anilines is 1. The van der Waals surface area contributed by atoms with Crippen LogP contribution in [0, 0.1) is 6.92 Å². The van der Waals surface area contributed by atoms with Crippen LogP contribution >= 0.6 is 11.3 Å². The maximum Gasteiger partial charge on any atom is 0.350 e. The molecule has 2 aromatic rings. The van der Waals surface area contributed by atoms with E-state index in [1.54, 1.807) is 6.92 Å². The first-order chi connectivity index (χ1) is 12.5. The Morgan fingerprint density at radius 3 is 3.08 bits per heavy atom. The van der Waals surface area contributed by atoms with Crippen molar-refractivity contribution in [2.45, 2.75) is 20.0 Å². The fraction of sp³-hybridized carbons (Fsp3) is 0.471. The van der Waals surface area contributed by atoms with Crippen molar-refractivity contribution in [3.05, 3.63) is 22.7 Å². The van der Waals surface area contributed by atoms with Gasteiger partial charge in [0, 0.05) is 17.6 Å². The molecule has 0 aliphatic carbocycles. The Morgan fingerprint density at radius 2 is 2.31 bits per heavy atom. The summed E-state index contributed by atoms with van der Waals surface area (Å²) in [5.41, 5.74) is 1.21. The lowest BCUT2D eigenvalue weighted by Crippen LogP contribution is -2.40. The molecule has 0 spiro atoms. The number of nitrogens with one attached hydrogen (secondary N) is 1. The highest BCUT2D eigenvalue weighted by Gasteiger charge is 2.26. The van der Waals surface area contributed by atoms with Crippen molar-refractivity contribution in [2.24, 2.45) is 0 Å². The second-order valence-electron chi connectivity index (χ2n) is 5.94. The molecule has 1 saturated heterocycles. The van der Waals surface area contributed by atoms with E-state index in [0.717, 1.165) is 5.69 Å². The highest BCUT2D eigenvalue weighted by atomic mass is 32.1. The number of urea groups is 1. The molecule has 1 atom stereocenters. The monoisotopic (exact) mass is 379 g/mol. The topological polar surface area (TPSA) is 101 Å². The molecule has 26 heavy (non-hydrogen) atoms. The SMILES string of the molecule is CCOC(=O)c1sc2nc(C)ccc2c1NC(=O)N1CCOCC(O)C1. The van der Waals surface area contributed by atoms with Crippen molar-refractivity contribution in [3.63, 3.8) is 0 Å². The second kappa shape index (κ2) is 7.98. The first-order valence-electron chi connectivity index (χ1n) is 8.38. The Bertz CT molecular complexity index is 822. The first kappa shape index (κ1) is 18.6. The van der Waals surface area contributed by atoms with Crippen LogP contribution < -0.4 is 5.32 Å². The van der Waals surface area contributed by atoms with E-state index < -0.39 is 18.1 Å². The molecule has 0 bridgehead atoms. The second-order valence-corrected chi connectivity index (χ2v) is 6.94. The summed E-state index contributed by atoms with van der Waals surface area (Å²) in [6, 6.07) is 3.25. The maximum atomic E-state index is 12.7. The van der Waals surface area contributed by atoms with Crippen LogP contribution in [-0.2, 0) is 9.47 Å². The molecule has 1 fully saturated rings. The molecule has 2 amide bonds. The smallest absolute Gasteiger partial charge is 0.350 e. The van der Waals surface area contributed by atoms with Gasteiger partial charge in [-0.2, -0.15) is 0 Å². The quantitative estimate of drug-likeness (QED) is 0.791. The third-order valence-electron chi connectivity index (χ3n) is 3.92. The number of β-amino-alcohol motifs (C(OH)–C–C–N with tert-alkyl or cyclic N) is 1. The van der Waals surface area contributed by atoms with Crippen molar-refractivity contribution in [2.75, 3.05) is 38.2 Å². The summed E-state index contributed by atoms with van der Waals surface area (Å²) in [5, 5.41) is 13.3. The number of aryl methyl sites for hydroxylation is 1. The summed E-state index contributed by atoms with van der Waals surface area (Å²) in [5.74, 6) is -0.498. The van der Waals surface area contributed by atoms with Crippen LogP contribution in [0.5, 0.6) is 0 Å². The van der Waals surface area contributed by atoms with Crippen LogP contribution in [0.3, 0.4) is 0 Å². The normalized spacial score (nSPS) is 17.8. The van der Waals surface area contributed by atoms with Gasteiger partial charge in [-0.1, -0.05) is 0 Å². The summed E-state index contributed by atoms with van der Waals surface area (Å²) in [7, 11) is 0. The number of amides is 2. The molecule has 3 rings (SSSR count). The molecule has 3 heterocycles. The summed E-state index contributed by atoms with van der Waals surface area (Å²) in [6.07, 6.45) is -0.740. The van der Waals surface area contributed by atoms with Crippen molar-refractivity contribution < 1.29 is 24.2 Å². The van der Waals surface area contributed by atoms with E-state index in [0.29, 0.717) is 33.9 Å². The number of ether oxygens (including phenoxy) is 2. The Hall–Kier alpha value is -2.23. The van der Waals surface area contributed by atoms with Crippen LogP contribution in [0.25, 0.3) is 10.2 Å². The molecule has 2 N–H and O–H groups in total. The molecule has 9 heteroatoms. The number of carbonyl (C=O) groups excluding carboxylic acids is 2. The molecule has 1 aliphatic heterocycles. The zero-order valence-corrected chi connectivity index (χ0v) is 15.5. The Labute approximate surface area is 154 Å². The van der Waals surface area contributed by atoms with E-state index in [4.69, 9.17) is 9.47 Å². The fourth-order valence-electron chi connectivity index (χ4n) is 2.70. The number of esters is 1. The van der Waals surface area contributed by atoms with Gasteiger partial charge in [0.25, 0.3) is 0 Å². The average molecular weight is 379 g/mol. The van der Waals surface area contributed by atoms with Crippen LogP contribution in [0.1, 0.15) is 22.3 Å². The third-order valence-corrected chi connectivity index (χ3v) is 5.00. The van der Waals surface area contributed by atoms with E-state index in [9.17, 15) is 14.7 Å². The summed E-state index contributed by atoms with van der Waals surface area (Å²) >= 11 is 1.19. The minimum Gasteiger partial charge on any atom is -0.462 e. The van der Waals surface area contributed by atoms with Gasteiger partial charge >= 0.3 is 12.0 Å². The number of fused-ring (bicyclic) bond motifs is 1. The van der Waals surface area contributed by atoms with E-state index in [1.807, 2.05) is 19.1 Å². The number of hydrogen-bond acceptors (Lipinski definition) is 7. The Kier molecular flexibility index (Phi) is 5.70. The summed E-state index contributed by atoms with van der Waals surface area (Å²) in [4.78, 5) is 31.9. The number of pyridine rings is 1. The summed E-state index contributed by atoms with van der Waals surface area (Å²) in [6.45, 7) is 4.90. The van der Waals surface area contributed by atoms with Gasteiger partial charge in [-0.3, -0.25) is 0 Å². The number of hydrogen-bond donors (Lipinski definition) is 2. The fourth-order valence-corrected chi connectivity index (χ4v) is 3.77. The Balaban J connectivity index is 1.93. The molecule has 0 saturated carbocycles. The standard InChI is InChI=1S/C17H21N3O5S/c1-3-25-16(22)14-13(12-5-4-10(2)18-15(12)26-14)19-17(23)20-6-7-24-9-11(21)8-20/h4-5,11,21H,3,6-9H2,1-2H3,(H,19,23). The zero-order chi connectivity index (χ0) is 18.7. The molecule has 1 unspecified atom stereocenters. The van der Waals surface area contributed by atoms with Crippen LogP contribution in [-0.4, -0.2) is 66.0 Å². The number of thiophene rings is 1. The largest absolute Gasteiger partial charge is 0.462 e. The van der Waals surface area contributed by atoms with Gasteiger partial charge in [0.2, 0.25) is 0 Å². The lowest BCUT2D eigenvalue weighted by Gasteiger charge is -2.22. The van der Waals surface area contributed by atoms with Gasteiger partial charge < -0.3 is 24.8 Å². The van der Waals surface area contributed by atoms with E-state index in [2.05, 4.69) is 10.3 Å². The number of nitrogens with zero attached hydrogens (tertiary/aromatic N) is 2. The molecule has 140 valence electrons. The van der Waals surface area contributed by atoms with Gasteiger partial charge in [0.15, 0.2) is 0 Å². The lowest BCUT2D eigenvalue weighted by molar-refractivity contribution is 0.0533. The number of carbonyl (C=O) groups is 2. The van der Waals surface area contributed by atoms with Gasteiger partial charge in [-0.15, -0.1) is 11.3 Å². The number of aliphatic hydroxyl groups is 1. The average Bonchev–Trinajstić information content (AvgIpc) is 2.79. The highest BCUT2D eigenvalue weighted by molar-refractivity contribution is 7.21. The van der Waals surface area contributed by atoms with E-state index in [1.165, 1.54) is 16.2 Å². The minimum absolute atomic E-state index is 0.167. The summed E-state index contributed by atoms with van der Waals surface area (Å²) < 4.78 is 10.4. The predicted molar refractivity (Wildman–Crippen MR) is 97.7 cm³/mol. The molecular weight excluding hydrogens is 358 g/mol. The van der Waals surface area contributed by atoms with Crippen LogP contribution in [0.15, 0.2) is 12.1 Å². The Morgan fingerprint density at radius 1 is 1.50 bits per heavy atom. The van der Waals surface area contributed by atoms with E-state index in [-0.39, 0.29) is 19.8 Å². The van der Waals surface area contributed by atoms with Crippen molar-refractivity contribution in [3.8, 4) is 0 Å². The molecule has 2 aromatic heterocycles. The van der Waals surface area contributed by atoms with Crippen LogP contribution in [0.4, 0.5) is 10.5 Å². The third kappa shape index (κ3) is 3.95. The van der Waals surface area contributed by atoms with Crippen molar-refractivity contribution in [1.82, 2.24) is 9.88 Å². The van der Waals surface area contributed by atoms with Gasteiger partial charge in [0.1, 0.15) is 9.71 Å². The van der Waals surface area contributed by atoms with Gasteiger partial charge in [-0.05, 0) is 26.0 Å². The maximum absolute atomic E-state index is 12.7. The predicted octanol–water partition coefficient (Wildman–Crippen LogP) is 2.01.